The van der Waals surface area contributed by atoms with E-state index >= 15 is 0 Å². The van der Waals surface area contributed by atoms with E-state index < -0.39 is 7.82 Å². The number of phosphoric acid groups is 1. The molecular weight excluding hydrogens is 289 g/mol. The number of benzene rings is 1. The van der Waals surface area contributed by atoms with Gasteiger partial charge >= 0.3 is 7.82 Å². The predicted molar refractivity (Wildman–Crippen MR) is 73.7 cm³/mol. The highest BCUT2D eigenvalue weighted by molar-refractivity contribution is 7.48. The Balaban J connectivity index is 2.45. The first kappa shape index (κ1) is 14.3. The van der Waals surface area contributed by atoms with Crippen LogP contribution in [0.5, 0.6) is 5.75 Å². The second-order valence-electron chi connectivity index (χ2n) is 3.84. The van der Waals surface area contributed by atoms with Crippen LogP contribution in [0.4, 0.5) is 0 Å². The summed E-state index contributed by atoms with van der Waals surface area (Å²) in [6.07, 6.45) is 0. The molecule has 1 aromatic heterocycles. The second kappa shape index (κ2) is 5.47. The molecule has 0 aliphatic heterocycles. The number of nitrogens with zero attached hydrogens (tertiary/aromatic N) is 1. The maximum Gasteiger partial charge on any atom is 0.529 e. The summed E-state index contributed by atoms with van der Waals surface area (Å²) < 4.78 is 26.6. The Morgan fingerprint density at radius 2 is 1.89 bits per heavy atom. The van der Waals surface area contributed by atoms with Crippen LogP contribution in [-0.2, 0) is 13.6 Å². The van der Waals surface area contributed by atoms with Crippen molar-refractivity contribution in [2.45, 2.75) is 6.92 Å². The predicted octanol–water partition coefficient (Wildman–Crippen LogP) is 3.98. The molecule has 0 saturated carbocycles. The van der Waals surface area contributed by atoms with Gasteiger partial charge in [0.2, 0.25) is 0 Å². The van der Waals surface area contributed by atoms with Gasteiger partial charge in [0.1, 0.15) is 10.9 Å². The largest absolute Gasteiger partial charge is 0.529 e. The van der Waals surface area contributed by atoms with Gasteiger partial charge in [0.05, 0.1) is 5.52 Å². The molecule has 0 fully saturated rings. The quantitative estimate of drug-likeness (QED) is 0.631. The highest BCUT2D eigenvalue weighted by Gasteiger charge is 2.24. The number of fused-ring (bicyclic) bond motifs is 1. The van der Waals surface area contributed by atoms with Crippen molar-refractivity contribution in [2.24, 2.45) is 0 Å². The zero-order chi connectivity index (χ0) is 14.0. The summed E-state index contributed by atoms with van der Waals surface area (Å²) in [6.45, 7) is 1.91. The van der Waals surface area contributed by atoms with Crippen LogP contribution in [-0.4, -0.2) is 19.2 Å². The summed E-state index contributed by atoms with van der Waals surface area (Å²) in [7, 11) is -1.03. The molecule has 0 saturated heterocycles. The van der Waals surface area contributed by atoms with Crippen molar-refractivity contribution >= 4 is 30.3 Å². The van der Waals surface area contributed by atoms with Crippen LogP contribution >= 0.6 is 19.4 Å². The van der Waals surface area contributed by atoms with Crippen molar-refractivity contribution in [3.8, 4) is 5.75 Å². The lowest BCUT2D eigenvalue weighted by Crippen LogP contribution is -1.97. The minimum atomic E-state index is -3.55. The number of pyridine rings is 1. The zero-order valence-electron chi connectivity index (χ0n) is 10.7. The van der Waals surface area contributed by atoms with Crippen molar-refractivity contribution in [1.82, 2.24) is 4.98 Å². The molecule has 102 valence electrons. The Bertz CT molecular complexity index is 653. The van der Waals surface area contributed by atoms with E-state index in [0.717, 1.165) is 16.5 Å². The topological polar surface area (TPSA) is 57.7 Å². The molecule has 1 aromatic carbocycles. The molecule has 0 spiro atoms. The Kier molecular flexibility index (Phi) is 4.11. The molecule has 0 radical (unpaired) electrons. The van der Waals surface area contributed by atoms with Gasteiger partial charge in [-0.1, -0.05) is 11.6 Å². The minimum Gasteiger partial charge on any atom is -0.404 e. The Morgan fingerprint density at radius 1 is 1.21 bits per heavy atom. The number of aryl methyl sites for hydroxylation is 1. The standard InChI is InChI=1S/C12H13ClNO4P/c1-8-6-12(13)14-11-5-4-9(7-10(8)11)18-19(15,16-2)17-3/h4-7H,1-3H3. The van der Waals surface area contributed by atoms with Gasteiger partial charge in [-0.25, -0.2) is 9.55 Å². The van der Waals surface area contributed by atoms with E-state index in [0.29, 0.717) is 10.9 Å². The van der Waals surface area contributed by atoms with Gasteiger partial charge in [0.15, 0.2) is 0 Å². The lowest BCUT2D eigenvalue weighted by molar-refractivity contribution is 0.211. The van der Waals surface area contributed by atoms with Crippen LogP contribution in [0.25, 0.3) is 10.9 Å². The SMILES string of the molecule is COP(=O)(OC)Oc1ccc2nc(Cl)cc(C)c2c1. The fraction of sp³-hybridized carbons (Fsp3) is 0.250. The van der Waals surface area contributed by atoms with Gasteiger partial charge in [-0.3, -0.25) is 9.05 Å². The fourth-order valence-electron chi connectivity index (χ4n) is 1.67. The lowest BCUT2D eigenvalue weighted by Gasteiger charge is -2.14. The molecule has 0 aliphatic rings. The van der Waals surface area contributed by atoms with Crippen molar-refractivity contribution in [2.75, 3.05) is 14.2 Å². The highest BCUT2D eigenvalue weighted by atomic mass is 35.5. The van der Waals surface area contributed by atoms with Gasteiger partial charge in [0.25, 0.3) is 0 Å². The van der Waals surface area contributed by atoms with Crippen LogP contribution in [0.15, 0.2) is 24.3 Å². The van der Waals surface area contributed by atoms with E-state index in [1.807, 2.05) is 6.92 Å². The van der Waals surface area contributed by atoms with Gasteiger partial charge in [0, 0.05) is 19.6 Å². The van der Waals surface area contributed by atoms with Gasteiger partial charge in [-0.15, -0.1) is 0 Å². The summed E-state index contributed by atoms with van der Waals surface area (Å²) in [5.41, 5.74) is 1.69. The highest BCUT2D eigenvalue weighted by Crippen LogP contribution is 2.48. The van der Waals surface area contributed by atoms with E-state index in [-0.39, 0.29) is 0 Å². The maximum atomic E-state index is 11.9. The van der Waals surface area contributed by atoms with Gasteiger partial charge in [-0.05, 0) is 36.8 Å². The van der Waals surface area contributed by atoms with E-state index in [1.165, 1.54) is 14.2 Å². The molecule has 0 unspecified atom stereocenters. The maximum absolute atomic E-state index is 11.9. The molecule has 5 nitrogen and oxygen atoms in total. The third kappa shape index (κ3) is 3.07. The summed E-state index contributed by atoms with van der Waals surface area (Å²) in [5.74, 6) is 0.381. The smallest absolute Gasteiger partial charge is 0.404 e. The summed E-state index contributed by atoms with van der Waals surface area (Å²) in [4.78, 5) is 4.19. The molecule has 2 aromatic rings. The molecule has 0 aliphatic carbocycles. The molecule has 0 N–H and O–H groups in total. The molecule has 0 amide bonds. The Labute approximate surface area is 116 Å². The first-order chi connectivity index (χ1) is 8.97. The Morgan fingerprint density at radius 3 is 2.53 bits per heavy atom. The number of hydrogen-bond donors (Lipinski definition) is 0. The molecule has 1 heterocycles. The number of rotatable bonds is 4. The van der Waals surface area contributed by atoms with E-state index in [2.05, 4.69) is 4.98 Å². The zero-order valence-corrected chi connectivity index (χ0v) is 12.4. The van der Waals surface area contributed by atoms with Crippen LogP contribution in [0, 0.1) is 6.92 Å². The average Bonchev–Trinajstić information content (AvgIpc) is 2.39. The Hall–Kier alpha value is -1.13. The van der Waals surface area contributed by atoms with Crippen molar-refractivity contribution < 1.29 is 18.1 Å². The van der Waals surface area contributed by atoms with Crippen LogP contribution in [0.2, 0.25) is 5.15 Å². The van der Waals surface area contributed by atoms with Gasteiger partial charge in [-0.2, -0.15) is 0 Å². The summed E-state index contributed by atoms with van der Waals surface area (Å²) in [6, 6.07) is 6.84. The van der Waals surface area contributed by atoms with Crippen molar-refractivity contribution in [3.05, 3.63) is 35.0 Å². The van der Waals surface area contributed by atoms with Crippen molar-refractivity contribution in [1.29, 1.82) is 0 Å². The van der Waals surface area contributed by atoms with E-state index in [4.69, 9.17) is 25.2 Å². The van der Waals surface area contributed by atoms with Crippen LogP contribution in [0.3, 0.4) is 0 Å². The van der Waals surface area contributed by atoms with E-state index in [1.54, 1.807) is 24.3 Å². The second-order valence-corrected chi connectivity index (χ2v) is 6.04. The molecular formula is C12H13ClNO4P. The molecule has 0 bridgehead atoms. The number of phosphoric ester groups is 1. The third-order valence-corrected chi connectivity index (χ3v) is 4.14. The number of halogens is 1. The lowest BCUT2D eigenvalue weighted by atomic mass is 10.1. The normalized spacial score (nSPS) is 11.8. The average molecular weight is 302 g/mol. The number of aromatic nitrogens is 1. The third-order valence-electron chi connectivity index (χ3n) is 2.62. The molecule has 19 heavy (non-hydrogen) atoms. The fourth-order valence-corrected chi connectivity index (χ4v) is 2.59. The van der Waals surface area contributed by atoms with Crippen LogP contribution in [0.1, 0.15) is 5.56 Å². The first-order valence-corrected chi connectivity index (χ1v) is 7.29. The first-order valence-electron chi connectivity index (χ1n) is 5.45. The van der Waals surface area contributed by atoms with Gasteiger partial charge < -0.3 is 4.52 Å². The molecule has 7 heteroatoms. The minimum absolute atomic E-state index is 0.381. The monoisotopic (exact) mass is 301 g/mol. The summed E-state index contributed by atoms with van der Waals surface area (Å²) >= 11 is 5.89. The van der Waals surface area contributed by atoms with Crippen molar-refractivity contribution in [3.63, 3.8) is 0 Å². The molecule has 2 rings (SSSR count). The van der Waals surface area contributed by atoms with E-state index in [9.17, 15) is 4.57 Å². The summed E-state index contributed by atoms with van der Waals surface area (Å²) in [5, 5.41) is 1.29. The number of hydrogen-bond acceptors (Lipinski definition) is 5. The molecule has 0 atom stereocenters. The van der Waals surface area contributed by atoms with Crippen LogP contribution < -0.4 is 4.52 Å².